The minimum absolute atomic E-state index is 0.0470. The molecule has 0 spiro atoms. The van der Waals surface area contributed by atoms with E-state index in [2.05, 4.69) is 5.32 Å². The Hall–Kier alpha value is -3.26. The second-order valence-electron chi connectivity index (χ2n) is 9.54. The number of methoxy groups -OCH3 is 2. The maximum Gasteiger partial charge on any atom is 0.313 e. The summed E-state index contributed by atoms with van der Waals surface area (Å²) in [4.78, 5) is 24.6. The van der Waals surface area contributed by atoms with E-state index in [4.69, 9.17) is 18.9 Å². The number of aliphatic carboxylic acids is 1. The van der Waals surface area contributed by atoms with Crippen LogP contribution in [0.25, 0.3) is 11.1 Å². The molecule has 1 saturated carbocycles. The van der Waals surface area contributed by atoms with E-state index >= 15 is 0 Å². The lowest BCUT2D eigenvalue weighted by atomic mass is 9.61. The summed E-state index contributed by atoms with van der Waals surface area (Å²) in [7, 11) is 3.12. The minimum atomic E-state index is -0.943. The molecule has 2 N–H and O–H groups in total. The summed E-state index contributed by atoms with van der Waals surface area (Å²) >= 11 is 0. The molecule has 2 aromatic carbocycles. The van der Waals surface area contributed by atoms with E-state index in [-0.39, 0.29) is 11.8 Å². The zero-order valence-corrected chi connectivity index (χ0v) is 20.1. The van der Waals surface area contributed by atoms with Gasteiger partial charge < -0.3 is 29.4 Å². The number of hydrogen-bond donors (Lipinski definition) is 2. The van der Waals surface area contributed by atoms with Gasteiger partial charge in [0.05, 0.1) is 14.2 Å². The number of ether oxygens (including phenoxy) is 4. The van der Waals surface area contributed by atoms with Crippen LogP contribution in [-0.2, 0) is 16.1 Å². The van der Waals surface area contributed by atoms with Crippen molar-refractivity contribution in [2.45, 2.75) is 44.8 Å². The first kappa shape index (κ1) is 23.5. The summed E-state index contributed by atoms with van der Waals surface area (Å²) in [5, 5.41) is 13.2. The molecule has 1 unspecified atom stereocenters. The third-order valence-electron chi connectivity index (χ3n) is 7.76. The standard InChI is InChI=1S/C27H31NO7/c1-32-21-7-6-19(17-4-5-20-18(14-17)15-28-25(20)29)22(23(21)33-2)35-24(16-8-12-34-13-9-16)27(26(30)31)10-3-11-27/h4-7,14,16,24H,3,8-13,15H2,1-2H3,(H,28,29)(H,30,31). The molecule has 2 heterocycles. The Labute approximate surface area is 204 Å². The molecule has 0 radical (unpaired) electrons. The highest BCUT2D eigenvalue weighted by atomic mass is 16.5. The molecule has 0 aromatic heterocycles. The maximum atomic E-state index is 12.6. The van der Waals surface area contributed by atoms with Crippen molar-refractivity contribution in [1.29, 1.82) is 0 Å². The smallest absolute Gasteiger partial charge is 0.313 e. The fourth-order valence-corrected chi connectivity index (χ4v) is 5.63. The first-order valence-electron chi connectivity index (χ1n) is 12.1. The average molecular weight is 482 g/mol. The van der Waals surface area contributed by atoms with Crippen molar-refractivity contribution in [3.05, 3.63) is 41.5 Å². The Kier molecular flexibility index (Phi) is 6.32. The number of carboxylic acids is 1. The van der Waals surface area contributed by atoms with Crippen LogP contribution >= 0.6 is 0 Å². The van der Waals surface area contributed by atoms with E-state index in [0.29, 0.717) is 55.4 Å². The van der Waals surface area contributed by atoms with Crippen molar-refractivity contribution in [2.75, 3.05) is 27.4 Å². The van der Waals surface area contributed by atoms with Crippen molar-refractivity contribution >= 4 is 11.9 Å². The van der Waals surface area contributed by atoms with Crippen LogP contribution in [-0.4, -0.2) is 50.5 Å². The molecule has 35 heavy (non-hydrogen) atoms. The first-order chi connectivity index (χ1) is 17.0. The van der Waals surface area contributed by atoms with Crippen LogP contribution in [0.5, 0.6) is 17.2 Å². The van der Waals surface area contributed by atoms with Crippen molar-refractivity contribution in [3.63, 3.8) is 0 Å². The summed E-state index contributed by atoms with van der Waals surface area (Å²) < 4.78 is 23.7. The van der Waals surface area contributed by atoms with Gasteiger partial charge in [-0.05, 0) is 61.1 Å². The van der Waals surface area contributed by atoms with Gasteiger partial charge in [-0.2, -0.15) is 0 Å². The van der Waals surface area contributed by atoms with Crippen molar-refractivity contribution in [2.24, 2.45) is 11.3 Å². The summed E-state index contributed by atoms with van der Waals surface area (Å²) in [5.41, 5.74) is 2.26. The molecule has 1 aliphatic carbocycles. The molecule has 2 fully saturated rings. The molecule has 8 heteroatoms. The maximum absolute atomic E-state index is 12.6. The van der Waals surface area contributed by atoms with Crippen LogP contribution in [0, 0.1) is 11.3 Å². The Morgan fingerprint density at radius 3 is 2.46 bits per heavy atom. The number of carboxylic acid groups (broad SMARTS) is 1. The molecule has 1 amide bonds. The predicted molar refractivity (Wildman–Crippen MR) is 128 cm³/mol. The van der Waals surface area contributed by atoms with Gasteiger partial charge in [0.25, 0.3) is 5.91 Å². The molecular weight excluding hydrogens is 450 g/mol. The number of benzene rings is 2. The molecule has 1 saturated heterocycles. The van der Waals surface area contributed by atoms with Crippen LogP contribution in [0.4, 0.5) is 0 Å². The van der Waals surface area contributed by atoms with Gasteiger partial charge in [-0.3, -0.25) is 9.59 Å². The average Bonchev–Trinajstić information content (AvgIpc) is 3.22. The van der Waals surface area contributed by atoms with Crippen molar-refractivity contribution < 1.29 is 33.6 Å². The van der Waals surface area contributed by atoms with E-state index in [9.17, 15) is 14.7 Å². The third kappa shape index (κ3) is 3.99. The Morgan fingerprint density at radius 1 is 1.09 bits per heavy atom. The van der Waals surface area contributed by atoms with Gasteiger partial charge in [0, 0.05) is 36.8 Å². The van der Waals surface area contributed by atoms with E-state index in [1.54, 1.807) is 14.2 Å². The van der Waals surface area contributed by atoms with Gasteiger partial charge >= 0.3 is 5.97 Å². The largest absolute Gasteiger partial charge is 0.493 e. The number of hydrogen-bond acceptors (Lipinski definition) is 6. The van der Waals surface area contributed by atoms with Crippen LogP contribution in [0.2, 0.25) is 0 Å². The second-order valence-corrected chi connectivity index (χ2v) is 9.54. The normalized spacial score (nSPS) is 19.8. The van der Waals surface area contributed by atoms with E-state index in [0.717, 1.165) is 36.0 Å². The van der Waals surface area contributed by atoms with Gasteiger partial charge in [0.1, 0.15) is 11.5 Å². The highest BCUT2D eigenvalue weighted by molar-refractivity contribution is 5.99. The number of rotatable bonds is 8. The molecule has 3 aliphatic rings. The lowest BCUT2D eigenvalue weighted by molar-refractivity contribution is -0.169. The number of nitrogens with one attached hydrogen (secondary N) is 1. The van der Waals surface area contributed by atoms with Gasteiger partial charge in [-0.25, -0.2) is 0 Å². The number of carbonyl (C=O) groups is 2. The molecule has 8 nitrogen and oxygen atoms in total. The Morgan fingerprint density at radius 2 is 1.83 bits per heavy atom. The van der Waals surface area contributed by atoms with E-state index in [1.807, 2.05) is 30.3 Å². The molecule has 2 aromatic rings. The minimum Gasteiger partial charge on any atom is -0.493 e. The topological polar surface area (TPSA) is 103 Å². The zero-order chi connectivity index (χ0) is 24.6. The SMILES string of the molecule is COc1ccc(-c2ccc3c(c2)CNC3=O)c(OC(C2CCOCC2)C2(C(=O)O)CCC2)c1OC. The number of amides is 1. The highest BCUT2D eigenvalue weighted by Crippen LogP contribution is 2.53. The van der Waals surface area contributed by atoms with Gasteiger partial charge in [-0.1, -0.05) is 12.5 Å². The van der Waals surface area contributed by atoms with Gasteiger partial charge in [0.15, 0.2) is 11.5 Å². The van der Waals surface area contributed by atoms with Crippen LogP contribution in [0.1, 0.15) is 48.0 Å². The van der Waals surface area contributed by atoms with Crippen LogP contribution in [0.15, 0.2) is 30.3 Å². The molecule has 5 rings (SSSR count). The van der Waals surface area contributed by atoms with Crippen LogP contribution in [0.3, 0.4) is 0 Å². The quantitative estimate of drug-likeness (QED) is 0.586. The molecule has 186 valence electrons. The predicted octanol–water partition coefficient (Wildman–Crippen LogP) is 4.04. The number of carbonyl (C=O) groups excluding carboxylic acids is 1. The monoisotopic (exact) mass is 481 g/mol. The third-order valence-corrected chi connectivity index (χ3v) is 7.76. The van der Waals surface area contributed by atoms with Crippen molar-refractivity contribution in [3.8, 4) is 28.4 Å². The molecule has 1 atom stereocenters. The fraction of sp³-hybridized carbons (Fsp3) is 0.481. The van der Waals surface area contributed by atoms with Gasteiger partial charge in [-0.15, -0.1) is 0 Å². The summed E-state index contributed by atoms with van der Waals surface area (Å²) in [6, 6.07) is 9.39. The second kappa shape index (κ2) is 9.41. The molecule has 0 bridgehead atoms. The Balaban J connectivity index is 1.63. The van der Waals surface area contributed by atoms with Crippen LogP contribution < -0.4 is 19.5 Å². The lowest BCUT2D eigenvalue weighted by Gasteiger charge is -2.47. The summed E-state index contributed by atoms with van der Waals surface area (Å²) in [6.45, 7) is 1.65. The summed E-state index contributed by atoms with van der Waals surface area (Å²) in [6.07, 6.45) is 2.98. The number of fused-ring (bicyclic) bond motifs is 1. The summed E-state index contributed by atoms with van der Waals surface area (Å²) in [5.74, 6) is 0.553. The van der Waals surface area contributed by atoms with Gasteiger partial charge in [0.2, 0.25) is 5.75 Å². The fourth-order valence-electron chi connectivity index (χ4n) is 5.63. The Bertz CT molecular complexity index is 1130. The first-order valence-corrected chi connectivity index (χ1v) is 12.1. The zero-order valence-electron chi connectivity index (χ0n) is 20.1. The lowest BCUT2D eigenvalue weighted by Crippen LogP contribution is -2.54. The van der Waals surface area contributed by atoms with Crippen molar-refractivity contribution in [1.82, 2.24) is 5.32 Å². The molecular formula is C27H31NO7. The molecule has 2 aliphatic heterocycles. The highest BCUT2D eigenvalue weighted by Gasteiger charge is 2.55. The van der Waals surface area contributed by atoms with E-state index in [1.165, 1.54) is 0 Å². The van der Waals surface area contributed by atoms with E-state index < -0.39 is 17.5 Å².